The fraction of sp³-hybridized carbons (Fsp3) is 0.200. The molecule has 2 rings (SSSR count). The van der Waals surface area contributed by atoms with E-state index in [0.29, 0.717) is 13.0 Å². The molecule has 0 saturated heterocycles. The molecule has 94 valence electrons. The standard InChI is InChI=1S/C10H11N5O3/c16-10(7-1-2-9(14-7)15(17)18)13-4-3-8-11-5-6-12-8/h1-2,5-6,14H,3-4H2,(H,11,12)(H,13,16). The van der Waals surface area contributed by atoms with E-state index in [0.717, 1.165) is 5.82 Å². The third-order valence-electron chi connectivity index (χ3n) is 2.31. The van der Waals surface area contributed by atoms with E-state index in [1.54, 1.807) is 12.4 Å². The number of nitrogens with zero attached hydrogens (tertiary/aromatic N) is 2. The molecule has 0 fully saturated rings. The average Bonchev–Trinajstić information content (AvgIpc) is 2.99. The highest BCUT2D eigenvalue weighted by molar-refractivity contribution is 5.92. The van der Waals surface area contributed by atoms with Crippen molar-refractivity contribution in [2.75, 3.05) is 6.54 Å². The number of hydrogen-bond donors (Lipinski definition) is 3. The number of rotatable bonds is 5. The van der Waals surface area contributed by atoms with Crippen molar-refractivity contribution in [3.05, 3.63) is 46.2 Å². The van der Waals surface area contributed by atoms with Crippen LogP contribution in [-0.4, -0.2) is 32.3 Å². The van der Waals surface area contributed by atoms with Crippen molar-refractivity contribution in [2.24, 2.45) is 0 Å². The second kappa shape index (κ2) is 5.13. The van der Waals surface area contributed by atoms with Gasteiger partial charge >= 0.3 is 5.82 Å². The Morgan fingerprint density at radius 1 is 1.50 bits per heavy atom. The summed E-state index contributed by atoms with van der Waals surface area (Å²) in [4.78, 5) is 30.8. The van der Waals surface area contributed by atoms with Gasteiger partial charge in [0.05, 0.1) is 0 Å². The number of nitro groups is 1. The Morgan fingerprint density at radius 3 is 2.94 bits per heavy atom. The molecule has 0 spiro atoms. The molecule has 8 heteroatoms. The van der Waals surface area contributed by atoms with Gasteiger partial charge in [-0.25, -0.2) is 9.97 Å². The Kier molecular flexibility index (Phi) is 3.37. The lowest BCUT2D eigenvalue weighted by atomic mass is 10.3. The normalized spacial score (nSPS) is 10.2. The smallest absolute Gasteiger partial charge is 0.321 e. The number of imidazole rings is 1. The van der Waals surface area contributed by atoms with Crippen LogP contribution in [0.25, 0.3) is 0 Å². The summed E-state index contributed by atoms with van der Waals surface area (Å²) in [6, 6.07) is 2.63. The van der Waals surface area contributed by atoms with Crippen molar-refractivity contribution in [1.29, 1.82) is 0 Å². The molecule has 0 bridgehead atoms. The second-order valence-corrected chi connectivity index (χ2v) is 3.56. The first kappa shape index (κ1) is 11.8. The number of amides is 1. The summed E-state index contributed by atoms with van der Waals surface area (Å²) in [6.07, 6.45) is 3.90. The molecule has 1 amide bonds. The van der Waals surface area contributed by atoms with E-state index in [1.165, 1.54) is 12.1 Å². The zero-order chi connectivity index (χ0) is 13.0. The van der Waals surface area contributed by atoms with Crippen LogP contribution in [0.4, 0.5) is 5.82 Å². The third kappa shape index (κ3) is 2.73. The number of aromatic amines is 2. The summed E-state index contributed by atoms with van der Waals surface area (Å²) in [6.45, 7) is 0.402. The van der Waals surface area contributed by atoms with Gasteiger partial charge in [0.1, 0.15) is 5.82 Å². The number of carbonyl (C=O) groups excluding carboxylic acids is 1. The molecule has 0 radical (unpaired) electrons. The van der Waals surface area contributed by atoms with Crippen molar-refractivity contribution in [3.8, 4) is 0 Å². The minimum Gasteiger partial charge on any atom is -0.358 e. The maximum Gasteiger partial charge on any atom is 0.321 e. The fourth-order valence-electron chi connectivity index (χ4n) is 1.45. The Morgan fingerprint density at radius 2 is 2.33 bits per heavy atom. The van der Waals surface area contributed by atoms with Gasteiger partial charge in [-0.3, -0.25) is 4.79 Å². The molecule has 0 aliphatic rings. The zero-order valence-electron chi connectivity index (χ0n) is 9.34. The lowest BCUT2D eigenvalue weighted by Crippen LogP contribution is -2.26. The summed E-state index contributed by atoms with van der Waals surface area (Å²) >= 11 is 0. The van der Waals surface area contributed by atoms with Gasteiger partial charge in [-0.15, -0.1) is 0 Å². The van der Waals surface area contributed by atoms with Crippen LogP contribution in [0.3, 0.4) is 0 Å². The van der Waals surface area contributed by atoms with Gasteiger partial charge in [0, 0.05) is 31.4 Å². The average molecular weight is 249 g/mol. The number of aromatic nitrogens is 3. The minimum absolute atomic E-state index is 0.168. The fourth-order valence-corrected chi connectivity index (χ4v) is 1.45. The van der Waals surface area contributed by atoms with Crippen LogP contribution in [0, 0.1) is 10.1 Å². The lowest BCUT2D eigenvalue weighted by molar-refractivity contribution is -0.389. The topological polar surface area (TPSA) is 117 Å². The SMILES string of the molecule is O=C(NCCc1ncc[nH]1)c1ccc([N+](=O)[O-])[nH]1. The second-order valence-electron chi connectivity index (χ2n) is 3.56. The van der Waals surface area contributed by atoms with Crippen molar-refractivity contribution in [2.45, 2.75) is 6.42 Å². The zero-order valence-corrected chi connectivity index (χ0v) is 9.34. The molecule has 0 aromatic carbocycles. The first-order valence-corrected chi connectivity index (χ1v) is 5.26. The maximum absolute atomic E-state index is 11.6. The molecule has 2 heterocycles. The predicted molar refractivity (Wildman–Crippen MR) is 62.1 cm³/mol. The minimum atomic E-state index is -0.584. The van der Waals surface area contributed by atoms with Gasteiger partial charge < -0.3 is 20.4 Å². The van der Waals surface area contributed by atoms with E-state index in [4.69, 9.17) is 0 Å². The predicted octanol–water partition coefficient (Wildman–Crippen LogP) is 0.618. The lowest BCUT2D eigenvalue weighted by Gasteiger charge is -2.00. The highest BCUT2D eigenvalue weighted by atomic mass is 16.6. The van der Waals surface area contributed by atoms with Gasteiger partial charge in [-0.2, -0.15) is 0 Å². The summed E-state index contributed by atoms with van der Waals surface area (Å²) in [5, 5.41) is 13.1. The Bertz CT molecular complexity index is 546. The van der Waals surface area contributed by atoms with Crippen molar-refractivity contribution in [1.82, 2.24) is 20.3 Å². The third-order valence-corrected chi connectivity index (χ3v) is 2.31. The molecule has 2 aromatic heterocycles. The van der Waals surface area contributed by atoms with Gasteiger partial charge in [0.15, 0.2) is 5.69 Å². The van der Waals surface area contributed by atoms with Gasteiger partial charge in [0.25, 0.3) is 5.91 Å². The van der Waals surface area contributed by atoms with E-state index in [-0.39, 0.29) is 17.4 Å². The highest BCUT2D eigenvalue weighted by Crippen LogP contribution is 2.09. The molecule has 8 nitrogen and oxygen atoms in total. The summed E-state index contributed by atoms with van der Waals surface area (Å²) < 4.78 is 0. The van der Waals surface area contributed by atoms with Crippen LogP contribution in [0.15, 0.2) is 24.5 Å². The summed E-state index contributed by atoms with van der Waals surface area (Å²) in [5.41, 5.74) is 0.168. The molecule has 0 aliphatic heterocycles. The molecular formula is C10H11N5O3. The van der Waals surface area contributed by atoms with Crippen molar-refractivity contribution >= 4 is 11.7 Å². The Hall–Kier alpha value is -2.64. The maximum atomic E-state index is 11.6. The van der Waals surface area contributed by atoms with E-state index >= 15 is 0 Å². The molecule has 3 N–H and O–H groups in total. The number of hydrogen-bond acceptors (Lipinski definition) is 4. The van der Waals surface area contributed by atoms with E-state index in [2.05, 4.69) is 20.3 Å². The van der Waals surface area contributed by atoms with Crippen molar-refractivity contribution in [3.63, 3.8) is 0 Å². The number of carbonyl (C=O) groups is 1. The van der Waals surface area contributed by atoms with Crippen LogP contribution in [0.5, 0.6) is 0 Å². The Balaban J connectivity index is 1.85. The van der Waals surface area contributed by atoms with Crippen LogP contribution in [0.1, 0.15) is 16.3 Å². The first-order valence-electron chi connectivity index (χ1n) is 5.26. The largest absolute Gasteiger partial charge is 0.358 e. The first-order chi connectivity index (χ1) is 8.66. The van der Waals surface area contributed by atoms with Crippen LogP contribution in [-0.2, 0) is 6.42 Å². The number of nitrogens with one attached hydrogen (secondary N) is 3. The van der Waals surface area contributed by atoms with Gasteiger partial charge in [-0.05, 0) is 11.0 Å². The molecule has 0 atom stereocenters. The Labute approximate surface area is 102 Å². The molecule has 0 aliphatic carbocycles. The van der Waals surface area contributed by atoms with Crippen molar-refractivity contribution < 1.29 is 9.72 Å². The molecular weight excluding hydrogens is 238 g/mol. The van der Waals surface area contributed by atoms with E-state index in [9.17, 15) is 14.9 Å². The molecule has 18 heavy (non-hydrogen) atoms. The van der Waals surface area contributed by atoms with E-state index in [1.807, 2.05) is 0 Å². The van der Waals surface area contributed by atoms with Crippen LogP contribution in [0.2, 0.25) is 0 Å². The quantitative estimate of drug-likeness (QED) is 0.531. The molecule has 0 unspecified atom stereocenters. The van der Waals surface area contributed by atoms with E-state index < -0.39 is 4.92 Å². The van der Waals surface area contributed by atoms with Crippen LogP contribution < -0.4 is 5.32 Å². The summed E-state index contributed by atoms with van der Waals surface area (Å²) in [7, 11) is 0. The highest BCUT2D eigenvalue weighted by Gasteiger charge is 2.14. The molecule has 2 aromatic rings. The molecule has 0 saturated carbocycles. The van der Waals surface area contributed by atoms with Gasteiger partial charge in [-0.1, -0.05) is 0 Å². The van der Waals surface area contributed by atoms with Crippen LogP contribution >= 0.6 is 0 Å². The van der Waals surface area contributed by atoms with Gasteiger partial charge in [0.2, 0.25) is 0 Å². The summed E-state index contributed by atoms with van der Waals surface area (Å²) in [5.74, 6) is 0.189. The monoisotopic (exact) mass is 249 g/mol. The number of H-pyrrole nitrogens is 2.